The molecule has 0 aliphatic heterocycles. The lowest BCUT2D eigenvalue weighted by atomic mass is 10.3. The minimum atomic E-state index is -0.137. The lowest BCUT2D eigenvalue weighted by Gasteiger charge is -2.14. The molecule has 0 radical (unpaired) electrons. The van der Waals surface area contributed by atoms with Crippen molar-refractivity contribution < 1.29 is 4.79 Å². The molecule has 1 N–H and O–H groups in total. The summed E-state index contributed by atoms with van der Waals surface area (Å²) in [5.41, 5.74) is 0.495. The Morgan fingerprint density at radius 1 is 1.47 bits per heavy atom. The van der Waals surface area contributed by atoms with Gasteiger partial charge in [0.1, 0.15) is 5.82 Å². The second-order valence-electron chi connectivity index (χ2n) is 3.63. The predicted molar refractivity (Wildman–Crippen MR) is 58.9 cm³/mol. The predicted octanol–water partition coefficient (Wildman–Crippen LogP) is 0.175. The fraction of sp³-hybridized carbons (Fsp3) is 0.300. The Hall–Kier alpha value is -2.31. The number of amides is 1. The summed E-state index contributed by atoms with van der Waals surface area (Å²) in [6.45, 7) is 2.16. The van der Waals surface area contributed by atoms with Crippen molar-refractivity contribution in [3.05, 3.63) is 35.7 Å². The van der Waals surface area contributed by atoms with Gasteiger partial charge in [-0.1, -0.05) is 0 Å². The quantitative estimate of drug-likeness (QED) is 0.815. The molecule has 0 saturated carbocycles. The molecule has 0 aliphatic carbocycles. The summed E-state index contributed by atoms with van der Waals surface area (Å²) in [5.74, 6) is 1.18. The monoisotopic (exact) mass is 232 g/mol. The fourth-order valence-electron chi connectivity index (χ4n) is 1.38. The summed E-state index contributed by atoms with van der Waals surface area (Å²) in [4.78, 5) is 17.6. The largest absolute Gasteiger partial charge is 0.334 e. The minimum absolute atomic E-state index is 0.137. The van der Waals surface area contributed by atoms with Crippen LogP contribution in [0.5, 0.6) is 0 Å². The highest BCUT2D eigenvalue weighted by Gasteiger charge is 2.13. The van der Waals surface area contributed by atoms with Gasteiger partial charge < -0.3 is 4.90 Å². The van der Waals surface area contributed by atoms with Gasteiger partial charge in [-0.15, -0.1) is 0 Å². The number of carbonyl (C=O) groups excluding carboxylic acids is 1. The van der Waals surface area contributed by atoms with Crippen molar-refractivity contribution in [3.63, 3.8) is 0 Å². The van der Waals surface area contributed by atoms with Crippen LogP contribution in [0.2, 0.25) is 0 Å². The summed E-state index contributed by atoms with van der Waals surface area (Å²) in [6.07, 6.45) is 2.92. The summed E-state index contributed by atoms with van der Waals surface area (Å²) in [5, 5.41) is 14.0. The van der Waals surface area contributed by atoms with E-state index in [1.54, 1.807) is 13.1 Å². The molecule has 2 aromatic heterocycles. The molecule has 17 heavy (non-hydrogen) atoms. The van der Waals surface area contributed by atoms with Crippen molar-refractivity contribution in [2.45, 2.75) is 13.5 Å². The molecule has 7 heteroatoms. The van der Waals surface area contributed by atoms with E-state index in [0.717, 1.165) is 5.82 Å². The maximum absolute atomic E-state index is 11.9. The van der Waals surface area contributed by atoms with E-state index in [-0.39, 0.29) is 5.91 Å². The maximum atomic E-state index is 11.9. The first-order valence-corrected chi connectivity index (χ1v) is 5.07. The summed E-state index contributed by atoms with van der Waals surface area (Å²) in [6, 6.07) is 1.62. The number of nitrogens with zero attached hydrogens (tertiary/aromatic N) is 5. The third kappa shape index (κ3) is 2.63. The fourth-order valence-corrected chi connectivity index (χ4v) is 1.38. The van der Waals surface area contributed by atoms with E-state index in [0.29, 0.717) is 17.9 Å². The number of aromatic amines is 1. The van der Waals surface area contributed by atoms with E-state index in [2.05, 4.69) is 25.4 Å². The second-order valence-corrected chi connectivity index (χ2v) is 3.63. The Kier molecular flexibility index (Phi) is 3.08. The Labute approximate surface area is 97.9 Å². The minimum Gasteiger partial charge on any atom is -0.334 e. The first kappa shape index (κ1) is 11.2. The topological polar surface area (TPSA) is 87.7 Å². The van der Waals surface area contributed by atoms with Crippen molar-refractivity contribution >= 4 is 5.91 Å². The second kappa shape index (κ2) is 4.69. The summed E-state index contributed by atoms with van der Waals surface area (Å²) >= 11 is 0. The van der Waals surface area contributed by atoms with Crippen LogP contribution in [0, 0.1) is 6.92 Å². The van der Waals surface area contributed by atoms with Crippen LogP contribution in [0.25, 0.3) is 0 Å². The van der Waals surface area contributed by atoms with Gasteiger partial charge in [0, 0.05) is 7.05 Å². The molecule has 0 fully saturated rings. The van der Waals surface area contributed by atoms with Crippen LogP contribution in [-0.2, 0) is 6.54 Å². The molecular weight excluding hydrogens is 220 g/mol. The standard InChI is InChI=1S/C10H12N6O/c1-7-13-9(15-14-7)6-16(2)10(17)8-3-4-11-12-5-8/h3-5H,6H2,1-2H3,(H,13,14,15). The molecule has 0 atom stereocenters. The van der Waals surface area contributed by atoms with Gasteiger partial charge in [-0.05, 0) is 13.0 Å². The average Bonchev–Trinajstić information content (AvgIpc) is 2.75. The number of H-pyrrole nitrogens is 1. The number of hydrogen-bond donors (Lipinski definition) is 1. The van der Waals surface area contributed by atoms with Crippen LogP contribution in [0.15, 0.2) is 18.5 Å². The highest BCUT2D eigenvalue weighted by atomic mass is 16.2. The van der Waals surface area contributed by atoms with Gasteiger partial charge in [-0.25, -0.2) is 4.98 Å². The normalized spacial score (nSPS) is 10.2. The molecule has 0 bridgehead atoms. The molecule has 0 aliphatic rings. The Balaban J connectivity index is 2.06. The van der Waals surface area contributed by atoms with Crippen molar-refractivity contribution in [1.82, 2.24) is 30.3 Å². The molecule has 0 aromatic carbocycles. The molecule has 2 rings (SSSR count). The van der Waals surface area contributed by atoms with E-state index in [9.17, 15) is 4.79 Å². The van der Waals surface area contributed by atoms with Gasteiger partial charge in [0.2, 0.25) is 0 Å². The first-order valence-electron chi connectivity index (χ1n) is 5.07. The maximum Gasteiger partial charge on any atom is 0.255 e. The molecule has 0 unspecified atom stereocenters. The van der Waals surface area contributed by atoms with Crippen LogP contribution in [0.1, 0.15) is 22.0 Å². The van der Waals surface area contributed by atoms with Crippen molar-refractivity contribution in [3.8, 4) is 0 Å². The average molecular weight is 232 g/mol. The smallest absolute Gasteiger partial charge is 0.255 e. The number of carbonyl (C=O) groups is 1. The Morgan fingerprint density at radius 3 is 2.88 bits per heavy atom. The molecule has 7 nitrogen and oxygen atoms in total. The molecular formula is C10H12N6O. The molecule has 1 amide bonds. The van der Waals surface area contributed by atoms with E-state index in [1.807, 2.05) is 6.92 Å². The van der Waals surface area contributed by atoms with Gasteiger partial charge in [-0.2, -0.15) is 15.3 Å². The van der Waals surface area contributed by atoms with E-state index in [4.69, 9.17) is 0 Å². The number of nitrogens with one attached hydrogen (secondary N) is 1. The van der Waals surface area contributed by atoms with Crippen LogP contribution in [0.3, 0.4) is 0 Å². The summed E-state index contributed by atoms with van der Waals surface area (Å²) in [7, 11) is 1.69. The highest BCUT2D eigenvalue weighted by Crippen LogP contribution is 2.03. The highest BCUT2D eigenvalue weighted by molar-refractivity contribution is 5.93. The van der Waals surface area contributed by atoms with Gasteiger partial charge in [0.05, 0.1) is 24.5 Å². The third-order valence-corrected chi connectivity index (χ3v) is 2.20. The van der Waals surface area contributed by atoms with Gasteiger partial charge in [0.25, 0.3) is 5.91 Å². The molecule has 88 valence electrons. The van der Waals surface area contributed by atoms with Crippen molar-refractivity contribution in [2.75, 3.05) is 7.05 Å². The number of aryl methyl sites for hydroxylation is 1. The van der Waals surface area contributed by atoms with Gasteiger partial charge in [-0.3, -0.25) is 9.89 Å². The Morgan fingerprint density at radius 2 is 2.29 bits per heavy atom. The lowest BCUT2D eigenvalue weighted by molar-refractivity contribution is 0.0781. The van der Waals surface area contributed by atoms with Gasteiger partial charge in [0.15, 0.2) is 5.82 Å². The van der Waals surface area contributed by atoms with E-state index in [1.165, 1.54) is 17.3 Å². The summed E-state index contributed by atoms with van der Waals surface area (Å²) < 4.78 is 0. The van der Waals surface area contributed by atoms with E-state index >= 15 is 0 Å². The number of hydrogen-bond acceptors (Lipinski definition) is 5. The molecule has 0 spiro atoms. The van der Waals surface area contributed by atoms with E-state index < -0.39 is 0 Å². The first-order chi connectivity index (χ1) is 8.16. The van der Waals surface area contributed by atoms with Gasteiger partial charge >= 0.3 is 0 Å². The van der Waals surface area contributed by atoms with Crippen LogP contribution in [-0.4, -0.2) is 43.2 Å². The number of aromatic nitrogens is 5. The van der Waals surface area contributed by atoms with Crippen molar-refractivity contribution in [1.29, 1.82) is 0 Å². The molecule has 0 saturated heterocycles. The van der Waals surface area contributed by atoms with Crippen LogP contribution < -0.4 is 0 Å². The van der Waals surface area contributed by atoms with Crippen LogP contribution >= 0.6 is 0 Å². The zero-order valence-electron chi connectivity index (χ0n) is 9.58. The lowest BCUT2D eigenvalue weighted by Crippen LogP contribution is -2.26. The molecule has 2 aromatic rings. The third-order valence-electron chi connectivity index (χ3n) is 2.20. The number of rotatable bonds is 3. The SMILES string of the molecule is Cc1nc(CN(C)C(=O)c2ccnnc2)n[nH]1. The molecule has 2 heterocycles. The van der Waals surface area contributed by atoms with Crippen molar-refractivity contribution in [2.24, 2.45) is 0 Å². The van der Waals surface area contributed by atoms with Crippen LogP contribution in [0.4, 0.5) is 0 Å². The zero-order chi connectivity index (χ0) is 12.3. The zero-order valence-corrected chi connectivity index (χ0v) is 9.58. The Bertz CT molecular complexity index is 509.